The van der Waals surface area contributed by atoms with Crippen LogP contribution < -0.4 is 27.2 Å². The lowest BCUT2D eigenvalue weighted by Crippen LogP contribution is -2.46. The molecular formula is C14H25N5O3. The number of H-pyrrole nitrogens is 1. The lowest BCUT2D eigenvalue weighted by molar-refractivity contribution is 0.246. The number of urea groups is 1. The van der Waals surface area contributed by atoms with E-state index in [1.807, 2.05) is 13.8 Å². The highest BCUT2D eigenvalue weighted by molar-refractivity contribution is 5.94. The highest BCUT2D eigenvalue weighted by atomic mass is 16.2. The lowest BCUT2D eigenvalue weighted by atomic mass is 10.3. The zero-order valence-corrected chi connectivity index (χ0v) is 13.4. The second-order valence-corrected chi connectivity index (χ2v) is 4.99. The number of hydrogen-bond acceptors (Lipinski definition) is 4. The van der Waals surface area contributed by atoms with Gasteiger partial charge in [0.2, 0.25) is 0 Å². The quantitative estimate of drug-likeness (QED) is 0.693. The number of anilines is 2. The van der Waals surface area contributed by atoms with E-state index < -0.39 is 17.3 Å². The van der Waals surface area contributed by atoms with Crippen LogP contribution in [-0.2, 0) is 6.54 Å². The van der Waals surface area contributed by atoms with Crippen molar-refractivity contribution in [2.75, 3.05) is 23.7 Å². The molecule has 0 spiro atoms. The normalized spacial score (nSPS) is 10.5. The van der Waals surface area contributed by atoms with Gasteiger partial charge in [-0.2, -0.15) is 0 Å². The van der Waals surface area contributed by atoms with E-state index in [9.17, 15) is 14.4 Å². The van der Waals surface area contributed by atoms with E-state index in [1.54, 1.807) is 6.92 Å². The van der Waals surface area contributed by atoms with Crippen LogP contribution in [0.25, 0.3) is 0 Å². The average molecular weight is 311 g/mol. The second-order valence-electron chi connectivity index (χ2n) is 4.99. The number of nitrogens with one attached hydrogen (secondary N) is 2. The Morgan fingerprint density at radius 1 is 1.27 bits per heavy atom. The molecule has 8 heteroatoms. The van der Waals surface area contributed by atoms with Crippen LogP contribution in [0.4, 0.5) is 16.3 Å². The van der Waals surface area contributed by atoms with E-state index in [0.717, 1.165) is 12.8 Å². The minimum Gasteiger partial charge on any atom is -0.383 e. The number of carbonyl (C=O) groups is 1. The Bertz CT molecular complexity index is 620. The van der Waals surface area contributed by atoms with Crippen LogP contribution in [0.2, 0.25) is 0 Å². The summed E-state index contributed by atoms with van der Waals surface area (Å²) in [6.07, 6.45) is 2.27. The predicted molar refractivity (Wildman–Crippen MR) is 87.4 cm³/mol. The van der Waals surface area contributed by atoms with Gasteiger partial charge in [-0.15, -0.1) is 0 Å². The maximum absolute atomic E-state index is 12.2. The summed E-state index contributed by atoms with van der Waals surface area (Å²) in [5.41, 5.74) is 4.84. The molecule has 1 rings (SSSR count). The van der Waals surface area contributed by atoms with Crippen LogP contribution in [0.3, 0.4) is 0 Å². The first kappa shape index (κ1) is 17.8. The first-order valence-electron chi connectivity index (χ1n) is 7.65. The van der Waals surface area contributed by atoms with E-state index in [1.165, 1.54) is 9.47 Å². The fourth-order valence-corrected chi connectivity index (χ4v) is 2.16. The molecule has 0 bridgehead atoms. The van der Waals surface area contributed by atoms with Gasteiger partial charge in [-0.05, 0) is 19.8 Å². The Balaban J connectivity index is 3.40. The number of unbranched alkanes of at least 4 members (excludes halogenated alkanes) is 1. The van der Waals surface area contributed by atoms with Gasteiger partial charge in [0.15, 0.2) is 5.69 Å². The van der Waals surface area contributed by atoms with E-state index in [4.69, 9.17) is 5.73 Å². The van der Waals surface area contributed by atoms with Gasteiger partial charge >= 0.3 is 11.7 Å². The van der Waals surface area contributed by atoms with Crippen molar-refractivity contribution in [2.45, 2.75) is 46.6 Å². The highest BCUT2D eigenvalue weighted by Gasteiger charge is 2.23. The molecule has 0 saturated carbocycles. The van der Waals surface area contributed by atoms with Crippen molar-refractivity contribution < 1.29 is 4.79 Å². The molecule has 0 aliphatic rings. The number of amides is 2. The summed E-state index contributed by atoms with van der Waals surface area (Å²) in [7, 11) is 0. The molecule has 8 nitrogen and oxygen atoms in total. The molecule has 0 aromatic carbocycles. The van der Waals surface area contributed by atoms with Crippen LogP contribution in [-0.4, -0.2) is 28.7 Å². The molecule has 22 heavy (non-hydrogen) atoms. The molecule has 0 radical (unpaired) electrons. The zero-order chi connectivity index (χ0) is 16.7. The van der Waals surface area contributed by atoms with Gasteiger partial charge < -0.3 is 11.1 Å². The van der Waals surface area contributed by atoms with Gasteiger partial charge in [0.1, 0.15) is 5.82 Å². The van der Waals surface area contributed by atoms with Crippen molar-refractivity contribution in [1.82, 2.24) is 14.9 Å². The molecule has 124 valence electrons. The maximum Gasteiger partial charge on any atom is 0.330 e. The van der Waals surface area contributed by atoms with E-state index in [-0.39, 0.29) is 11.5 Å². The van der Waals surface area contributed by atoms with Gasteiger partial charge in [-0.3, -0.25) is 19.2 Å². The predicted octanol–water partition coefficient (Wildman–Crippen LogP) is 0.865. The Morgan fingerprint density at radius 2 is 1.95 bits per heavy atom. The van der Waals surface area contributed by atoms with Crippen LogP contribution >= 0.6 is 0 Å². The van der Waals surface area contributed by atoms with Crippen LogP contribution in [0, 0.1) is 0 Å². The maximum atomic E-state index is 12.2. The largest absolute Gasteiger partial charge is 0.383 e. The molecule has 4 N–H and O–H groups in total. The van der Waals surface area contributed by atoms with Gasteiger partial charge in [-0.1, -0.05) is 20.3 Å². The lowest BCUT2D eigenvalue weighted by Gasteiger charge is -2.24. The van der Waals surface area contributed by atoms with Gasteiger partial charge in [0.05, 0.1) is 0 Å². The van der Waals surface area contributed by atoms with Gasteiger partial charge in [-0.25, -0.2) is 9.59 Å². The molecule has 1 aromatic rings. The van der Waals surface area contributed by atoms with Crippen molar-refractivity contribution in [3.05, 3.63) is 20.8 Å². The molecule has 1 aromatic heterocycles. The SMILES string of the molecule is CCCCN(C(=O)NCC)c1c(N)n(CCC)c(=O)[nH]c1=O. The van der Waals surface area contributed by atoms with Crippen LogP contribution in [0.15, 0.2) is 9.59 Å². The first-order chi connectivity index (χ1) is 10.5. The summed E-state index contributed by atoms with van der Waals surface area (Å²) >= 11 is 0. The zero-order valence-electron chi connectivity index (χ0n) is 13.4. The summed E-state index contributed by atoms with van der Waals surface area (Å²) in [5, 5.41) is 2.66. The molecule has 0 aliphatic heterocycles. The summed E-state index contributed by atoms with van der Waals surface area (Å²) in [5.74, 6) is 0.0259. The van der Waals surface area contributed by atoms with Crippen molar-refractivity contribution in [3.63, 3.8) is 0 Å². The smallest absolute Gasteiger partial charge is 0.330 e. The van der Waals surface area contributed by atoms with E-state index >= 15 is 0 Å². The number of hydrogen-bond donors (Lipinski definition) is 3. The number of aromatic amines is 1. The highest BCUT2D eigenvalue weighted by Crippen LogP contribution is 2.17. The van der Waals surface area contributed by atoms with Crippen molar-refractivity contribution in [1.29, 1.82) is 0 Å². The summed E-state index contributed by atoms with van der Waals surface area (Å²) in [6, 6.07) is -0.394. The number of carbonyl (C=O) groups excluding carboxylic acids is 1. The van der Waals surface area contributed by atoms with Crippen molar-refractivity contribution in [3.8, 4) is 0 Å². The van der Waals surface area contributed by atoms with Crippen LogP contribution in [0.5, 0.6) is 0 Å². The summed E-state index contributed by atoms with van der Waals surface area (Å²) in [6.45, 7) is 6.86. The third kappa shape index (κ3) is 3.90. The average Bonchev–Trinajstić information content (AvgIpc) is 2.46. The Hall–Kier alpha value is -2.25. The number of nitrogens with two attached hydrogens (primary N) is 1. The van der Waals surface area contributed by atoms with E-state index in [0.29, 0.717) is 26.1 Å². The van der Waals surface area contributed by atoms with Crippen molar-refractivity contribution >= 4 is 17.5 Å². The first-order valence-corrected chi connectivity index (χ1v) is 7.65. The fourth-order valence-electron chi connectivity index (χ4n) is 2.16. The Kier molecular flexibility index (Phi) is 6.68. The van der Waals surface area contributed by atoms with E-state index in [2.05, 4.69) is 10.3 Å². The molecule has 0 atom stereocenters. The Labute approximate surface area is 129 Å². The second kappa shape index (κ2) is 8.26. The third-order valence-electron chi connectivity index (χ3n) is 3.24. The topological polar surface area (TPSA) is 113 Å². The summed E-state index contributed by atoms with van der Waals surface area (Å²) < 4.78 is 1.29. The molecule has 2 amide bonds. The number of nitrogen functional groups attached to an aromatic ring is 1. The molecule has 1 heterocycles. The molecule has 0 fully saturated rings. The standard InChI is InChI=1S/C14H25N5O3/c1-4-7-9-18(13(21)16-6-3)10-11(15)19(8-5-2)14(22)17-12(10)20/h4-9,15H2,1-3H3,(H,16,21)(H,17,20,22). The number of nitrogens with zero attached hydrogens (tertiary/aromatic N) is 2. The van der Waals surface area contributed by atoms with Crippen LogP contribution in [0.1, 0.15) is 40.0 Å². The molecule has 0 aliphatic carbocycles. The number of rotatable bonds is 7. The molecular weight excluding hydrogens is 286 g/mol. The Morgan fingerprint density at radius 3 is 2.50 bits per heavy atom. The summed E-state index contributed by atoms with van der Waals surface area (Å²) in [4.78, 5) is 39.8. The van der Waals surface area contributed by atoms with Gasteiger partial charge in [0.25, 0.3) is 5.56 Å². The third-order valence-corrected chi connectivity index (χ3v) is 3.24. The fraction of sp³-hybridized carbons (Fsp3) is 0.643. The minimum atomic E-state index is -0.641. The molecule has 0 unspecified atom stereocenters. The van der Waals surface area contributed by atoms with Gasteiger partial charge in [0, 0.05) is 19.6 Å². The monoisotopic (exact) mass is 311 g/mol. The minimum absolute atomic E-state index is 0.0259. The number of aromatic nitrogens is 2. The molecule has 0 saturated heterocycles. The van der Waals surface area contributed by atoms with Crippen molar-refractivity contribution in [2.24, 2.45) is 0 Å².